The molecule has 1 N–H and O–H groups in total. The molecule has 1 unspecified atom stereocenters. The first-order valence-corrected chi connectivity index (χ1v) is 11.1. The molecule has 1 aliphatic heterocycles. The summed E-state index contributed by atoms with van der Waals surface area (Å²) in [6.07, 6.45) is 5.76. The molecule has 1 fully saturated rings. The number of esters is 1. The van der Waals surface area contributed by atoms with Crippen LogP contribution in [0.3, 0.4) is 0 Å². The van der Waals surface area contributed by atoms with Gasteiger partial charge >= 0.3 is 18.1 Å². The first-order valence-electron chi connectivity index (χ1n) is 11.1. The van der Waals surface area contributed by atoms with Crippen molar-refractivity contribution in [1.29, 1.82) is 0 Å². The second kappa shape index (κ2) is 10.5. The Kier molecular flexibility index (Phi) is 7.73. The number of hydrogen-bond acceptors (Lipinski definition) is 6. The zero-order valence-corrected chi connectivity index (χ0v) is 19.3. The van der Waals surface area contributed by atoms with Crippen LogP contribution in [0.25, 0.3) is 0 Å². The van der Waals surface area contributed by atoms with Gasteiger partial charge in [0, 0.05) is 0 Å². The standard InChI is InChI=1S/C24H31N3O6/c1-24(2,3)33-22(30)25-14-20(28)27-19(21(29)32-16-17-10-6-4-7-11-17)15-26(23(27)31)18-12-8-5-9-13-18/h4,6-8,10-12,18-19H,5,9,13-16H2,1-3H3,(H,25,30)/t18?,19-/m0/s1. The Labute approximate surface area is 193 Å². The molecule has 33 heavy (non-hydrogen) atoms. The van der Waals surface area contributed by atoms with Crippen LogP contribution in [-0.4, -0.2) is 64.6 Å². The van der Waals surface area contributed by atoms with Gasteiger partial charge in [-0.25, -0.2) is 19.3 Å². The highest BCUT2D eigenvalue weighted by molar-refractivity contribution is 6.02. The number of amides is 4. The van der Waals surface area contributed by atoms with E-state index in [2.05, 4.69) is 5.32 Å². The molecule has 9 nitrogen and oxygen atoms in total. The minimum absolute atomic E-state index is 0.0336. The van der Waals surface area contributed by atoms with Gasteiger partial charge in [0.1, 0.15) is 18.8 Å². The number of benzene rings is 1. The molecule has 2 aliphatic rings. The van der Waals surface area contributed by atoms with Crippen molar-refractivity contribution in [3.63, 3.8) is 0 Å². The fourth-order valence-electron chi connectivity index (χ4n) is 3.78. The molecule has 2 atom stereocenters. The van der Waals surface area contributed by atoms with Crippen LogP contribution in [0.5, 0.6) is 0 Å². The van der Waals surface area contributed by atoms with Crippen LogP contribution in [0.4, 0.5) is 9.59 Å². The van der Waals surface area contributed by atoms with E-state index in [1.165, 1.54) is 4.90 Å². The highest BCUT2D eigenvalue weighted by Crippen LogP contribution is 2.25. The van der Waals surface area contributed by atoms with Gasteiger partial charge < -0.3 is 19.7 Å². The van der Waals surface area contributed by atoms with Crippen LogP contribution in [0.1, 0.15) is 45.6 Å². The van der Waals surface area contributed by atoms with E-state index in [0.29, 0.717) is 0 Å². The number of ether oxygens (including phenoxy) is 2. The number of carbonyl (C=O) groups is 4. The minimum atomic E-state index is -1.09. The van der Waals surface area contributed by atoms with Crippen LogP contribution in [0.2, 0.25) is 0 Å². The van der Waals surface area contributed by atoms with Gasteiger partial charge in [-0.05, 0) is 45.6 Å². The minimum Gasteiger partial charge on any atom is -0.459 e. The third kappa shape index (κ3) is 6.57. The van der Waals surface area contributed by atoms with Crippen molar-refractivity contribution in [2.75, 3.05) is 13.1 Å². The maximum absolute atomic E-state index is 13.2. The zero-order chi connectivity index (χ0) is 24.0. The van der Waals surface area contributed by atoms with E-state index in [-0.39, 0.29) is 19.2 Å². The number of carbonyl (C=O) groups excluding carboxylic acids is 4. The van der Waals surface area contributed by atoms with Crippen molar-refractivity contribution in [3.05, 3.63) is 48.0 Å². The second-order valence-corrected chi connectivity index (χ2v) is 9.09. The van der Waals surface area contributed by atoms with E-state index in [1.54, 1.807) is 20.8 Å². The van der Waals surface area contributed by atoms with Crippen molar-refractivity contribution < 1.29 is 28.7 Å². The Balaban J connectivity index is 1.71. The van der Waals surface area contributed by atoms with Crippen LogP contribution in [-0.2, 0) is 25.7 Å². The number of allylic oxidation sites excluding steroid dienone is 1. The fraction of sp³-hybridized carbons (Fsp3) is 0.500. The third-order valence-corrected chi connectivity index (χ3v) is 5.31. The number of nitrogens with one attached hydrogen (secondary N) is 1. The third-order valence-electron chi connectivity index (χ3n) is 5.31. The fourth-order valence-corrected chi connectivity index (χ4v) is 3.78. The molecule has 1 heterocycles. The second-order valence-electron chi connectivity index (χ2n) is 9.09. The number of urea groups is 1. The quantitative estimate of drug-likeness (QED) is 0.520. The number of imide groups is 1. The Hall–Kier alpha value is -3.36. The van der Waals surface area contributed by atoms with E-state index in [0.717, 1.165) is 29.7 Å². The lowest BCUT2D eigenvalue weighted by atomic mass is 10.0. The summed E-state index contributed by atoms with van der Waals surface area (Å²) >= 11 is 0. The van der Waals surface area contributed by atoms with E-state index >= 15 is 0 Å². The van der Waals surface area contributed by atoms with Gasteiger partial charge in [0.05, 0.1) is 12.6 Å². The smallest absolute Gasteiger partial charge is 0.408 e. The normalized spacial score (nSPS) is 20.5. The van der Waals surface area contributed by atoms with E-state index < -0.39 is 42.2 Å². The van der Waals surface area contributed by atoms with Crippen molar-refractivity contribution in [2.45, 2.75) is 64.3 Å². The number of hydrogen-bond donors (Lipinski definition) is 1. The summed E-state index contributed by atoms with van der Waals surface area (Å²) in [5.74, 6) is -1.37. The van der Waals surface area contributed by atoms with Crippen LogP contribution in [0.15, 0.2) is 42.5 Å². The summed E-state index contributed by atoms with van der Waals surface area (Å²) in [6.45, 7) is 4.70. The Morgan fingerprint density at radius 3 is 2.52 bits per heavy atom. The molecule has 9 heteroatoms. The molecule has 1 aliphatic carbocycles. The first-order chi connectivity index (χ1) is 15.7. The lowest BCUT2D eigenvalue weighted by Gasteiger charge is -2.27. The molecule has 3 rings (SSSR count). The Bertz CT molecular complexity index is 909. The summed E-state index contributed by atoms with van der Waals surface area (Å²) in [6, 6.07) is 7.31. The van der Waals surface area contributed by atoms with Gasteiger partial charge in [0.15, 0.2) is 6.04 Å². The highest BCUT2D eigenvalue weighted by atomic mass is 16.6. The van der Waals surface area contributed by atoms with Gasteiger partial charge in [-0.3, -0.25) is 4.79 Å². The molecule has 4 amide bonds. The van der Waals surface area contributed by atoms with Crippen molar-refractivity contribution in [3.8, 4) is 0 Å². The van der Waals surface area contributed by atoms with Crippen molar-refractivity contribution in [2.24, 2.45) is 0 Å². The van der Waals surface area contributed by atoms with Crippen molar-refractivity contribution >= 4 is 24.0 Å². The average molecular weight is 458 g/mol. The first kappa shape index (κ1) is 24.3. The molecule has 1 saturated heterocycles. The SMILES string of the molecule is CC(C)(C)OC(=O)NCC(=O)N1C(=O)N(C2C=CCCC2)C[C@H]1C(=O)OCc1ccccc1. The molecular weight excluding hydrogens is 426 g/mol. The van der Waals surface area contributed by atoms with Crippen LogP contribution < -0.4 is 5.32 Å². The number of rotatable bonds is 6. The molecular formula is C24H31N3O6. The Morgan fingerprint density at radius 1 is 1.15 bits per heavy atom. The summed E-state index contributed by atoms with van der Waals surface area (Å²) < 4.78 is 10.6. The van der Waals surface area contributed by atoms with Crippen LogP contribution >= 0.6 is 0 Å². The predicted molar refractivity (Wildman–Crippen MR) is 120 cm³/mol. The van der Waals surface area contributed by atoms with Gasteiger partial charge in [0.2, 0.25) is 0 Å². The van der Waals surface area contributed by atoms with E-state index in [1.807, 2.05) is 42.5 Å². The Morgan fingerprint density at radius 2 is 1.88 bits per heavy atom. The topological polar surface area (TPSA) is 105 Å². The molecule has 0 aromatic heterocycles. The maximum atomic E-state index is 13.2. The van der Waals surface area contributed by atoms with Gasteiger partial charge in [-0.2, -0.15) is 0 Å². The molecule has 0 saturated carbocycles. The molecule has 0 bridgehead atoms. The van der Waals surface area contributed by atoms with E-state index in [9.17, 15) is 19.2 Å². The lowest BCUT2D eigenvalue weighted by Crippen LogP contribution is -2.49. The van der Waals surface area contributed by atoms with Gasteiger partial charge in [0.25, 0.3) is 5.91 Å². The molecule has 178 valence electrons. The van der Waals surface area contributed by atoms with Gasteiger partial charge in [-0.1, -0.05) is 42.5 Å². The van der Waals surface area contributed by atoms with Crippen molar-refractivity contribution in [1.82, 2.24) is 15.1 Å². The number of alkyl carbamates (subject to hydrolysis) is 1. The summed E-state index contributed by atoms with van der Waals surface area (Å²) in [7, 11) is 0. The summed E-state index contributed by atoms with van der Waals surface area (Å²) in [5, 5.41) is 2.36. The average Bonchev–Trinajstić information content (AvgIpc) is 3.13. The monoisotopic (exact) mass is 457 g/mol. The molecule has 0 spiro atoms. The molecule has 0 radical (unpaired) electrons. The zero-order valence-electron chi connectivity index (χ0n) is 19.3. The summed E-state index contributed by atoms with van der Waals surface area (Å²) in [4.78, 5) is 53.4. The van der Waals surface area contributed by atoms with Gasteiger partial charge in [-0.15, -0.1) is 0 Å². The highest BCUT2D eigenvalue weighted by Gasteiger charge is 2.47. The van der Waals surface area contributed by atoms with E-state index in [4.69, 9.17) is 9.47 Å². The largest absolute Gasteiger partial charge is 0.459 e. The predicted octanol–water partition coefficient (Wildman–Crippen LogP) is 3.00. The van der Waals surface area contributed by atoms with Crippen LogP contribution in [0, 0.1) is 0 Å². The molecule has 1 aromatic rings. The lowest BCUT2D eigenvalue weighted by molar-refractivity contribution is -0.152. The summed E-state index contributed by atoms with van der Waals surface area (Å²) in [5.41, 5.74) is 0.0662. The molecule has 1 aromatic carbocycles. The maximum Gasteiger partial charge on any atom is 0.408 e. The number of nitrogens with zero attached hydrogens (tertiary/aromatic N) is 2.